The second kappa shape index (κ2) is 8.42. The van der Waals surface area contributed by atoms with E-state index >= 15 is 0 Å². The molecule has 0 amide bonds. The smallest absolute Gasteiger partial charge is 0 e. The van der Waals surface area contributed by atoms with Gasteiger partial charge in [-0.05, 0) is 0 Å². The molecule has 0 aliphatic heterocycles. The van der Waals surface area contributed by atoms with E-state index in [0.29, 0.717) is 0 Å². The molecule has 0 spiro atoms. The first-order valence-corrected chi connectivity index (χ1v) is 3.26. The van der Waals surface area contributed by atoms with Crippen molar-refractivity contribution in [3.63, 3.8) is 0 Å². The Kier molecular flexibility index (Phi) is 10.6. The van der Waals surface area contributed by atoms with E-state index in [1.807, 2.05) is 6.07 Å². The Hall–Kier alpha value is 0.323. The third-order valence-electron chi connectivity index (χ3n) is 1.31. The van der Waals surface area contributed by atoms with Gasteiger partial charge in [0.2, 0.25) is 0 Å². The van der Waals surface area contributed by atoms with Crippen molar-refractivity contribution in [2.45, 2.75) is 12.8 Å². The van der Waals surface area contributed by atoms with Crippen LogP contribution in [0.15, 0.2) is 30.3 Å². The Bertz CT molecular complexity index is 162. The van der Waals surface area contributed by atoms with Crippen molar-refractivity contribution in [3.8, 4) is 0 Å². The van der Waals surface area contributed by atoms with Crippen molar-refractivity contribution in [3.05, 3.63) is 42.8 Å². The van der Waals surface area contributed by atoms with Gasteiger partial charge >= 0.3 is 0 Å². The second-order valence-corrected chi connectivity index (χ2v) is 2.09. The van der Waals surface area contributed by atoms with E-state index in [0.717, 1.165) is 12.8 Å². The zero-order chi connectivity index (χ0) is 6.53. The summed E-state index contributed by atoms with van der Waals surface area (Å²) in [5.41, 5.74) is 1.38. The SMILES string of the molecule is Br.[CH2-]CCc1ccccc1.[Zn]. The molecule has 0 atom stereocenters. The average molecular weight is 265 g/mol. The Morgan fingerprint density at radius 2 is 1.64 bits per heavy atom. The molecule has 0 N–H and O–H groups in total. The van der Waals surface area contributed by atoms with Crippen LogP contribution in [-0.4, -0.2) is 0 Å². The monoisotopic (exact) mass is 263 g/mol. The van der Waals surface area contributed by atoms with Crippen LogP contribution in [0.5, 0.6) is 0 Å². The largest absolute Gasteiger partial charge is 0.343 e. The molecule has 0 aliphatic carbocycles. The Balaban J connectivity index is 0. The second-order valence-electron chi connectivity index (χ2n) is 2.09. The molecule has 0 aliphatic rings. The molecule has 2 heteroatoms. The fourth-order valence-corrected chi connectivity index (χ4v) is 0.849. The van der Waals surface area contributed by atoms with E-state index in [9.17, 15) is 0 Å². The molecule has 0 radical (unpaired) electrons. The molecule has 1 aromatic rings. The van der Waals surface area contributed by atoms with E-state index < -0.39 is 0 Å². The standard InChI is InChI=1S/C9H11.BrH.Zn/c1-2-6-9-7-4-3-5-8-9;;/h3-5,7-8H,1-2,6H2;1H;/q-1;;. The Morgan fingerprint density at radius 3 is 2.09 bits per heavy atom. The van der Waals surface area contributed by atoms with E-state index in [-0.39, 0.29) is 36.5 Å². The number of aryl methyl sites for hydroxylation is 1. The first-order valence-electron chi connectivity index (χ1n) is 3.26. The van der Waals surface area contributed by atoms with Gasteiger partial charge in [-0.1, -0.05) is 42.3 Å². The molecule has 58 valence electrons. The molecule has 11 heavy (non-hydrogen) atoms. The van der Waals surface area contributed by atoms with Gasteiger partial charge in [-0.15, -0.1) is 17.0 Å². The number of benzene rings is 1. The molecular formula is C9H12BrZn-. The average Bonchev–Trinajstić information content (AvgIpc) is 1.91. The number of hydrogen-bond acceptors (Lipinski definition) is 0. The number of rotatable bonds is 2. The van der Waals surface area contributed by atoms with Crippen LogP contribution in [0.4, 0.5) is 0 Å². The van der Waals surface area contributed by atoms with Crippen LogP contribution in [-0.2, 0) is 25.9 Å². The molecule has 1 aromatic carbocycles. The van der Waals surface area contributed by atoms with Crippen LogP contribution in [0, 0.1) is 6.92 Å². The summed E-state index contributed by atoms with van der Waals surface area (Å²) in [6, 6.07) is 10.4. The first-order chi connectivity index (χ1) is 4.43. The van der Waals surface area contributed by atoms with E-state index in [4.69, 9.17) is 0 Å². The van der Waals surface area contributed by atoms with Crippen molar-refractivity contribution >= 4 is 17.0 Å². The van der Waals surface area contributed by atoms with Crippen LogP contribution >= 0.6 is 17.0 Å². The molecule has 0 saturated heterocycles. The molecule has 0 bridgehead atoms. The number of hydrogen-bond donors (Lipinski definition) is 0. The van der Waals surface area contributed by atoms with Gasteiger partial charge in [0.15, 0.2) is 0 Å². The fourth-order valence-electron chi connectivity index (χ4n) is 0.849. The van der Waals surface area contributed by atoms with Crippen molar-refractivity contribution in [1.82, 2.24) is 0 Å². The maximum Gasteiger partial charge on any atom is 0 e. The molecular weight excluding hydrogens is 253 g/mol. The van der Waals surface area contributed by atoms with Crippen LogP contribution in [0.25, 0.3) is 0 Å². The van der Waals surface area contributed by atoms with Gasteiger partial charge in [0, 0.05) is 19.5 Å². The molecule has 0 aromatic heterocycles. The maximum atomic E-state index is 3.78. The fraction of sp³-hybridized carbons (Fsp3) is 0.222. The van der Waals surface area contributed by atoms with Crippen LogP contribution in [0.1, 0.15) is 12.0 Å². The third-order valence-corrected chi connectivity index (χ3v) is 1.31. The molecule has 0 nitrogen and oxygen atoms in total. The quantitative estimate of drug-likeness (QED) is 0.569. The van der Waals surface area contributed by atoms with E-state index in [1.54, 1.807) is 0 Å². The maximum absolute atomic E-state index is 3.78. The Labute approximate surface area is 91.9 Å². The van der Waals surface area contributed by atoms with Crippen LogP contribution in [0.3, 0.4) is 0 Å². The minimum atomic E-state index is 0. The van der Waals surface area contributed by atoms with Gasteiger partial charge in [-0.3, -0.25) is 0 Å². The van der Waals surface area contributed by atoms with Gasteiger partial charge in [0.25, 0.3) is 0 Å². The summed E-state index contributed by atoms with van der Waals surface area (Å²) in [5.74, 6) is 0. The summed E-state index contributed by atoms with van der Waals surface area (Å²) in [4.78, 5) is 0. The summed E-state index contributed by atoms with van der Waals surface area (Å²) in [5, 5.41) is 0. The van der Waals surface area contributed by atoms with Crippen molar-refractivity contribution in [2.75, 3.05) is 0 Å². The summed E-state index contributed by atoms with van der Waals surface area (Å²) >= 11 is 0. The van der Waals surface area contributed by atoms with Gasteiger partial charge in [0.05, 0.1) is 0 Å². The third kappa shape index (κ3) is 5.58. The molecule has 1 rings (SSSR count). The van der Waals surface area contributed by atoms with Crippen LogP contribution in [0.2, 0.25) is 0 Å². The van der Waals surface area contributed by atoms with E-state index in [2.05, 4.69) is 31.2 Å². The van der Waals surface area contributed by atoms with Crippen molar-refractivity contribution in [1.29, 1.82) is 0 Å². The molecule has 0 heterocycles. The topological polar surface area (TPSA) is 0 Å². The van der Waals surface area contributed by atoms with Crippen LogP contribution < -0.4 is 0 Å². The summed E-state index contributed by atoms with van der Waals surface area (Å²) in [7, 11) is 0. The predicted molar refractivity (Wildman–Crippen MR) is 50.4 cm³/mol. The van der Waals surface area contributed by atoms with Gasteiger partial charge in [-0.2, -0.15) is 6.42 Å². The van der Waals surface area contributed by atoms with Gasteiger partial charge in [0.1, 0.15) is 0 Å². The summed E-state index contributed by atoms with van der Waals surface area (Å²) < 4.78 is 0. The zero-order valence-electron chi connectivity index (χ0n) is 6.62. The van der Waals surface area contributed by atoms with Crippen molar-refractivity contribution < 1.29 is 19.5 Å². The summed E-state index contributed by atoms with van der Waals surface area (Å²) in [6.07, 6.45) is 2.09. The van der Waals surface area contributed by atoms with Gasteiger partial charge < -0.3 is 6.92 Å². The minimum Gasteiger partial charge on any atom is -0.343 e. The Morgan fingerprint density at radius 1 is 1.09 bits per heavy atom. The van der Waals surface area contributed by atoms with Gasteiger partial charge in [-0.25, -0.2) is 0 Å². The number of halogens is 1. The zero-order valence-corrected chi connectivity index (χ0v) is 11.3. The molecule has 0 saturated carbocycles. The normalized spacial score (nSPS) is 7.73. The molecule has 0 unspecified atom stereocenters. The predicted octanol–water partition coefficient (Wildman–Crippen LogP) is 3.03. The summed E-state index contributed by atoms with van der Waals surface area (Å²) in [6.45, 7) is 3.78. The molecule has 0 fully saturated rings. The minimum absolute atomic E-state index is 0. The van der Waals surface area contributed by atoms with E-state index in [1.165, 1.54) is 5.56 Å². The first kappa shape index (κ1) is 13.9. The van der Waals surface area contributed by atoms with Crippen molar-refractivity contribution in [2.24, 2.45) is 0 Å².